The third-order valence-corrected chi connectivity index (χ3v) is 6.23. The SMILES string of the molecule is CCC(CC)N(C)S(=O)(=O)c1c(NC)nc2sccn12. The van der Waals surface area contributed by atoms with Crippen LogP contribution in [0.5, 0.6) is 0 Å². The number of thiazole rings is 1. The van der Waals surface area contributed by atoms with Gasteiger partial charge in [0.15, 0.2) is 15.8 Å². The van der Waals surface area contributed by atoms with Crippen LogP contribution in [0.1, 0.15) is 26.7 Å². The summed E-state index contributed by atoms with van der Waals surface area (Å²) >= 11 is 1.41. The molecule has 0 aliphatic rings. The maximum absolute atomic E-state index is 12.9. The van der Waals surface area contributed by atoms with Gasteiger partial charge in [0.2, 0.25) is 0 Å². The Bertz CT molecular complexity index is 685. The highest BCUT2D eigenvalue weighted by Crippen LogP contribution is 2.29. The minimum Gasteiger partial charge on any atom is -0.371 e. The molecule has 1 N–H and O–H groups in total. The summed E-state index contributed by atoms with van der Waals surface area (Å²) in [5, 5.41) is 4.92. The third-order valence-electron chi connectivity index (χ3n) is 3.54. The second-order valence-electron chi connectivity index (χ2n) is 4.56. The lowest BCUT2D eigenvalue weighted by atomic mass is 10.2. The van der Waals surface area contributed by atoms with E-state index in [1.54, 1.807) is 24.7 Å². The van der Waals surface area contributed by atoms with Gasteiger partial charge in [0, 0.05) is 31.7 Å². The first-order valence-corrected chi connectivity index (χ1v) is 8.90. The van der Waals surface area contributed by atoms with E-state index in [-0.39, 0.29) is 11.1 Å². The summed E-state index contributed by atoms with van der Waals surface area (Å²) in [4.78, 5) is 4.99. The summed E-state index contributed by atoms with van der Waals surface area (Å²) in [6.45, 7) is 3.99. The van der Waals surface area contributed by atoms with Gasteiger partial charge in [0.1, 0.15) is 0 Å². The van der Waals surface area contributed by atoms with Gasteiger partial charge in [0.25, 0.3) is 10.0 Å². The van der Waals surface area contributed by atoms with Gasteiger partial charge in [-0.25, -0.2) is 13.4 Å². The predicted octanol–water partition coefficient (Wildman–Crippen LogP) is 2.25. The number of hydrogen-bond donors (Lipinski definition) is 1. The third kappa shape index (κ3) is 2.32. The van der Waals surface area contributed by atoms with Crippen molar-refractivity contribution < 1.29 is 8.42 Å². The number of sulfonamides is 1. The topological polar surface area (TPSA) is 66.7 Å². The van der Waals surface area contributed by atoms with Crippen LogP contribution in [-0.4, -0.2) is 42.2 Å². The number of imidazole rings is 1. The normalized spacial score (nSPS) is 12.7. The molecule has 0 unspecified atom stereocenters. The number of nitrogens with zero attached hydrogens (tertiary/aromatic N) is 3. The fourth-order valence-electron chi connectivity index (χ4n) is 2.31. The fourth-order valence-corrected chi connectivity index (χ4v) is 4.83. The number of fused-ring (bicyclic) bond motifs is 1. The van der Waals surface area contributed by atoms with Crippen LogP contribution in [0.4, 0.5) is 5.82 Å². The summed E-state index contributed by atoms with van der Waals surface area (Å²) in [6, 6.07) is -0.00566. The number of aromatic nitrogens is 2. The van der Waals surface area contributed by atoms with Crippen molar-refractivity contribution in [1.29, 1.82) is 0 Å². The van der Waals surface area contributed by atoms with E-state index in [0.29, 0.717) is 10.8 Å². The van der Waals surface area contributed by atoms with E-state index in [2.05, 4.69) is 10.3 Å². The van der Waals surface area contributed by atoms with E-state index in [9.17, 15) is 8.42 Å². The molecule has 2 aromatic rings. The predicted molar refractivity (Wildman–Crippen MR) is 81.9 cm³/mol. The lowest BCUT2D eigenvalue weighted by Gasteiger charge is -2.25. The van der Waals surface area contributed by atoms with Crippen molar-refractivity contribution in [3.63, 3.8) is 0 Å². The summed E-state index contributed by atoms with van der Waals surface area (Å²) in [5.74, 6) is 0.398. The number of hydrogen-bond acceptors (Lipinski definition) is 5. The van der Waals surface area contributed by atoms with Crippen molar-refractivity contribution in [2.75, 3.05) is 19.4 Å². The average molecular weight is 316 g/mol. The quantitative estimate of drug-likeness (QED) is 0.887. The summed E-state index contributed by atoms with van der Waals surface area (Å²) in [6.07, 6.45) is 3.31. The van der Waals surface area contributed by atoms with Crippen LogP contribution in [-0.2, 0) is 10.0 Å². The molecule has 112 valence electrons. The lowest BCUT2D eigenvalue weighted by molar-refractivity contribution is 0.348. The van der Waals surface area contributed by atoms with Crippen molar-refractivity contribution in [3.8, 4) is 0 Å². The Labute approximate surface area is 123 Å². The van der Waals surface area contributed by atoms with E-state index < -0.39 is 10.0 Å². The zero-order valence-electron chi connectivity index (χ0n) is 12.1. The zero-order chi connectivity index (χ0) is 14.9. The van der Waals surface area contributed by atoms with Gasteiger partial charge in [-0.05, 0) is 12.8 Å². The van der Waals surface area contributed by atoms with E-state index in [1.165, 1.54) is 15.6 Å². The Hall–Kier alpha value is -1.12. The molecule has 0 atom stereocenters. The second-order valence-corrected chi connectivity index (χ2v) is 7.35. The van der Waals surface area contributed by atoms with Gasteiger partial charge in [-0.15, -0.1) is 11.3 Å². The van der Waals surface area contributed by atoms with Crippen LogP contribution >= 0.6 is 11.3 Å². The lowest BCUT2D eigenvalue weighted by Crippen LogP contribution is -2.37. The first kappa shape index (κ1) is 15.3. The van der Waals surface area contributed by atoms with Gasteiger partial charge >= 0.3 is 0 Å². The zero-order valence-corrected chi connectivity index (χ0v) is 13.8. The fraction of sp³-hybridized carbons (Fsp3) is 0.583. The molecule has 0 radical (unpaired) electrons. The number of nitrogens with one attached hydrogen (secondary N) is 1. The Morgan fingerprint density at radius 3 is 2.65 bits per heavy atom. The van der Waals surface area contributed by atoms with Gasteiger partial charge < -0.3 is 5.32 Å². The minimum absolute atomic E-state index is 0.00566. The highest BCUT2D eigenvalue weighted by atomic mass is 32.2. The maximum atomic E-state index is 12.9. The van der Waals surface area contributed by atoms with Crippen molar-refractivity contribution >= 4 is 32.1 Å². The molecule has 2 heterocycles. The number of rotatable bonds is 6. The molecule has 6 nitrogen and oxygen atoms in total. The monoisotopic (exact) mass is 316 g/mol. The highest BCUT2D eigenvalue weighted by molar-refractivity contribution is 7.89. The summed E-state index contributed by atoms with van der Waals surface area (Å²) < 4.78 is 28.8. The van der Waals surface area contributed by atoms with E-state index >= 15 is 0 Å². The maximum Gasteiger partial charge on any atom is 0.262 e. The molecule has 0 amide bonds. The average Bonchev–Trinajstić information content (AvgIpc) is 2.98. The molecular formula is C12H20N4O2S2. The molecule has 20 heavy (non-hydrogen) atoms. The smallest absolute Gasteiger partial charge is 0.262 e. The second kappa shape index (κ2) is 5.71. The van der Waals surface area contributed by atoms with Crippen molar-refractivity contribution in [2.45, 2.75) is 37.8 Å². The molecule has 0 saturated heterocycles. The Morgan fingerprint density at radius 1 is 1.45 bits per heavy atom. The van der Waals surface area contributed by atoms with E-state index in [0.717, 1.165) is 12.8 Å². The molecule has 0 saturated carbocycles. The first-order chi connectivity index (χ1) is 9.47. The number of anilines is 1. The summed E-state index contributed by atoms with van der Waals surface area (Å²) in [5.41, 5.74) is 0. The van der Waals surface area contributed by atoms with Gasteiger partial charge in [-0.1, -0.05) is 13.8 Å². The molecule has 0 spiro atoms. The first-order valence-electron chi connectivity index (χ1n) is 6.58. The summed E-state index contributed by atoms with van der Waals surface area (Å²) in [7, 11) is -0.260. The van der Waals surface area contributed by atoms with Gasteiger partial charge in [-0.2, -0.15) is 4.31 Å². The van der Waals surface area contributed by atoms with Gasteiger partial charge in [0.05, 0.1) is 0 Å². The Kier molecular flexibility index (Phi) is 4.36. The molecule has 8 heteroatoms. The Balaban J connectivity index is 2.58. The molecule has 0 bridgehead atoms. The van der Waals surface area contributed by atoms with Gasteiger partial charge in [-0.3, -0.25) is 4.40 Å². The Morgan fingerprint density at radius 2 is 2.10 bits per heavy atom. The molecule has 0 aromatic carbocycles. The molecular weight excluding hydrogens is 296 g/mol. The molecule has 0 aliphatic heterocycles. The van der Waals surface area contributed by atoms with Crippen LogP contribution in [0.25, 0.3) is 4.96 Å². The minimum atomic E-state index is -3.58. The van der Waals surface area contributed by atoms with Crippen molar-refractivity contribution in [2.24, 2.45) is 0 Å². The molecule has 0 aliphatic carbocycles. The molecule has 0 fully saturated rings. The van der Waals surface area contributed by atoms with E-state index in [4.69, 9.17) is 0 Å². The van der Waals surface area contributed by atoms with E-state index in [1.807, 2.05) is 19.2 Å². The van der Waals surface area contributed by atoms with Crippen molar-refractivity contribution in [3.05, 3.63) is 11.6 Å². The van der Waals surface area contributed by atoms with Crippen LogP contribution < -0.4 is 5.32 Å². The van der Waals surface area contributed by atoms with Crippen molar-refractivity contribution in [1.82, 2.24) is 13.7 Å². The molecule has 2 aromatic heterocycles. The highest BCUT2D eigenvalue weighted by Gasteiger charge is 2.32. The standard InChI is InChI=1S/C12H20N4O2S2/c1-5-9(6-2)15(4)20(17,18)11-10(13-3)14-12-16(11)7-8-19-12/h7-9,13H,5-6H2,1-4H3. The van der Waals surface area contributed by atoms with Crippen LogP contribution in [0.3, 0.4) is 0 Å². The van der Waals surface area contributed by atoms with Crippen LogP contribution in [0.2, 0.25) is 0 Å². The largest absolute Gasteiger partial charge is 0.371 e. The van der Waals surface area contributed by atoms with Crippen LogP contribution in [0, 0.1) is 0 Å². The molecule has 2 rings (SSSR count). The van der Waals surface area contributed by atoms with Crippen LogP contribution in [0.15, 0.2) is 16.6 Å².